The van der Waals surface area contributed by atoms with Gasteiger partial charge in [-0.25, -0.2) is 4.39 Å². The van der Waals surface area contributed by atoms with Crippen LogP contribution >= 0.6 is 0 Å². The molecule has 0 atom stereocenters. The van der Waals surface area contributed by atoms with Gasteiger partial charge in [-0.15, -0.1) is 0 Å². The number of benzene rings is 2. The molecule has 2 aromatic rings. The second-order valence-electron chi connectivity index (χ2n) is 4.92. The van der Waals surface area contributed by atoms with Gasteiger partial charge in [-0.2, -0.15) is 0 Å². The van der Waals surface area contributed by atoms with Gasteiger partial charge in [0.25, 0.3) is 0 Å². The highest BCUT2D eigenvalue weighted by atomic mass is 19.1. The number of hydrogen-bond donors (Lipinski definition) is 0. The third-order valence-corrected chi connectivity index (χ3v) is 3.52. The molecular formula is C17H15FO3. The number of carbonyl (C=O) groups is 1. The van der Waals surface area contributed by atoms with Crippen molar-refractivity contribution in [2.24, 2.45) is 0 Å². The van der Waals surface area contributed by atoms with Crippen LogP contribution in [0.1, 0.15) is 21.5 Å². The smallest absolute Gasteiger partial charge is 0.165 e. The largest absolute Gasteiger partial charge is 0.493 e. The number of carbonyl (C=O) groups excluding carboxylic acids is 1. The highest BCUT2D eigenvalue weighted by Gasteiger charge is 2.12. The van der Waals surface area contributed by atoms with E-state index in [4.69, 9.17) is 9.47 Å². The second kappa shape index (κ2) is 5.95. The lowest BCUT2D eigenvalue weighted by molar-refractivity contribution is 0.111. The molecule has 0 unspecified atom stereocenters. The maximum Gasteiger partial charge on any atom is 0.165 e. The first kappa shape index (κ1) is 13.6. The van der Waals surface area contributed by atoms with Gasteiger partial charge in [-0.3, -0.25) is 4.79 Å². The van der Waals surface area contributed by atoms with Gasteiger partial charge >= 0.3 is 0 Å². The van der Waals surface area contributed by atoms with Crippen LogP contribution in [0.25, 0.3) is 0 Å². The van der Waals surface area contributed by atoms with E-state index in [0.29, 0.717) is 19.3 Å². The first-order valence-electron chi connectivity index (χ1n) is 6.89. The van der Waals surface area contributed by atoms with Crippen LogP contribution in [-0.2, 0) is 12.8 Å². The Labute approximate surface area is 122 Å². The van der Waals surface area contributed by atoms with Gasteiger partial charge in [-0.1, -0.05) is 18.2 Å². The van der Waals surface area contributed by atoms with E-state index in [1.807, 2.05) is 12.1 Å². The number of aldehydes is 1. The van der Waals surface area contributed by atoms with Crippen molar-refractivity contribution in [2.45, 2.75) is 12.8 Å². The van der Waals surface area contributed by atoms with Crippen LogP contribution < -0.4 is 9.47 Å². The molecule has 2 aromatic carbocycles. The predicted molar refractivity (Wildman–Crippen MR) is 76.6 cm³/mol. The molecule has 108 valence electrons. The molecular weight excluding hydrogens is 271 g/mol. The molecule has 3 rings (SSSR count). The van der Waals surface area contributed by atoms with Crippen molar-refractivity contribution in [1.29, 1.82) is 0 Å². The second-order valence-corrected chi connectivity index (χ2v) is 4.92. The summed E-state index contributed by atoms with van der Waals surface area (Å²) in [6, 6.07) is 10.3. The van der Waals surface area contributed by atoms with Crippen molar-refractivity contribution in [3.8, 4) is 11.5 Å². The van der Waals surface area contributed by atoms with E-state index in [9.17, 15) is 9.18 Å². The van der Waals surface area contributed by atoms with Crippen molar-refractivity contribution in [3.63, 3.8) is 0 Å². The number of halogens is 1. The number of para-hydroxylation sites is 1. The molecule has 21 heavy (non-hydrogen) atoms. The maximum absolute atomic E-state index is 13.6. The Balaban J connectivity index is 1.65. The summed E-state index contributed by atoms with van der Waals surface area (Å²) in [5.74, 6) is 0.455. The highest BCUT2D eigenvalue weighted by molar-refractivity contribution is 5.79. The van der Waals surface area contributed by atoms with Gasteiger partial charge in [0.2, 0.25) is 0 Å². The Kier molecular flexibility index (Phi) is 3.86. The molecule has 0 saturated heterocycles. The Hall–Kier alpha value is -2.36. The van der Waals surface area contributed by atoms with Crippen molar-refractivity contribution in [1.82, 2.24) is 0 Å². The molecule has 0 aliphatic carbocycles. The molecule has 3 nitrogen and oxygen atoms in total. The van der Waals surface area contributed by atoms with Crippen LogP contribution in [0.15, 0.2) is 36.4 Å². The summed E-state index contributed by atoms with van der Waals surface area (Å²) >= 11 is 0. The third kappa shape index (κ3) is 2.89. The zero-order valence-electron chi connectivity index (χ0n) is 11.5. The van der Waals surface area contributed by atoms with Gasteiger partial charge in [-0.05, 0) is 29.3 Å². The van der Waals surface area contributed by atoms with Gasteiger partial charge in [0.15, 0.2) is 17.9 Å². The van der Waals surface area contributed by atoms with E-state index in [2.05, 4.69) is 6.07 Å². The minimum atomic E-state index is -0.512. The van der Waals surface area contributed by atoms with Crippen LogP contribution in [0.3, 0.4) is 0 Å². The summed E-state index contributed by atoms with van der Waals surface area (Å²) in [7, 11) is 0. The highest BCUT2D eigenvalue weighted by Crippen LogP contribution is 2.26. The Morgan fingerprint density at radius 1 is 1.29 bits per heavy atom. The van der Waals surface area contributed by atoms with Crippen LogP contribution in [0, 0.1) is 5.82 Å². The average Bonchev–Trinajstić information content (AvgIpc) is 2.96. The van der Waals surface area contributed by atoms with Gasteiger partial charge in [0.1, 0.15) is 5.75 Å². The average molecular weight is 286 g/mol. The van der Waals surface area contributed by atoms with Gasteiger partial charge in [0.05, 0.1) is 18.8 Å². The van der Waals surface area contributed by atoms with Crippen molar-refractivity contribution >= 4 is 6.29 Å². The molecule has 1 aliphatic heterocycles. The zero-order chi connectivity index (χ0) is 14.7. The van der Waals surface area contributed by atoms with E-state index in [1.165, 1.54) is 23.8 Å². The predicted octanol–water partition coefficient (Wildman–Crippen LogP) is 3.19. The quantitative estimate of drug-likeness (QED) is 0.792. The van der Waals surface area contributed by atoms with Crippen LogP contribution in [0.4, 0.5) is 4.39 Å². The molecule has 0 N–H and O–H groups in total. The fourth-order valence-corrected chi connectivity index (χ4v) is 2.44. The standard InChI is InChI=1S/C17H15FO3/c18-15-3-1-2-14(11-19)17(15)21-8-6-12-4-5-16-13(10-12)7-9-20-16/h1-5,10-11H,6-9H2. The topological polar surface area (TPSA) is 35.5 Å². The first-order valence-corrected chi connectivity index (χ1v) is 6.89. The molecule has 0 aromatic heterocycles. The van der Waals surface area contributed by atoms with E-state index in [0.717, 1.165) is 24.3 Å². The summed E-state index contributed by atoms with van der Waals surface area (Å²) in [6.45, 7) is 1.05. The number of hydrogen-bond acceptors (Lipinski definition) is 3. The van der Waals surface area contributed by atoms with E-state index >= 15 is 0 Å². The van der Waals surface area contributed by atoms with E-state index in [1.54, 1.807) is 0 Å². The van der Waals surface area contributed by atoms with Crippen molar-refractivity contribution in [2.75, 3.05) is 13.2 Å². The molecule has 4 heteroatoms. The molecule has 0 radical (unpaired) electrons. The van der Waals surface area contributed by atoms with E-state index in [-0.39, 0.29) is 11.3 Å². The lowest BCUT2D eigenvalue weighted by Crippen LogP contribution is -2.05. The summed E-state index contributed by atoms with van der Waals surface area (Å²) < 4.78 is 24.5. The summed E-state index contributed by atoms with van der Waals surface area (Å²) in [6.07, 6.45) is 2.18. The first-order chi connectivity index (χ1) is 10.3. The summed E-state index contributed by atoms with van der Waals surface area (Å²) in [5, 5.41) is 0. The lowest BCUT2D eigenvalue weighted by Gasteiger charge is -2.10. The van der Waals surface area contributed by atoms with Gasteiger partial charge in [0, 0.05) is 12.8 Å². The molecule has 0 fully saturated rings. The SMILES string of the molecule is O=Cc1cccc(F)c1OCCc1ccc2c(c1)CCO2. The van der Waals surface area contributed by atoms with Crippen LogP contribution in [0.2, 0.25) is 0 Å². The summed E-state index contributed by atoms with van der Waals surface area (Å²) in [5.41, 5.74) is 2.55. The van der Waals surface area contributed by atoms with E-state index < -0.39 is 5.82 Å². The normalized spacial score (nSPS) is 12.6. The number of ether oxygens (including phenoxy) is 2. The Morgan fingerprint density at radius 3 is 3.05 bits per heavy atom. The molecule has 1 heterocycles. The van der Waals surface area contributed by atoms with Crippen molar-refractivity contribution in [3.05, 3.63) is 58.9 Å². The number of fused-ring (bicyclic) bond motifs is 1. The molecule has 1 aliphatic rings. The fraction of sp³-hybridized carbons (Fsp3) is 0.235. The Morgan fingerprint density at radius 2 is 2.19 bits per heavy atom. The third-order valence-electron chi connectivity index (χ3n) is 3.52. The van der Waals surface area contributed by atoms with Crippen molar-refractivity contribution < 1.29 is 18.7 Å². The minimum absolute atomic E-state index is 0.0250. The van der Waals surface area contributed by atoms with Crippen LogP contribution in [0.5, 0.6) is 11.5 Å². The summed E-state index contributed by atoms with van der Waals surface area (Å²) in [4.78, 5) is 10.9. The molecule has 0 saturated carbocycles. The fourth-order valence-electron chi connectivity index (χ4n) is 2.44. The maximum atomic E-state index is 13.6. The molecule has 0 spiro atoms. The number of rotatable bonds is 5. The zero-order valence-corrected chi connectivity index (χ0v) is 11.5. The molecule has 0 amide bonds. The minimum Gasteiger partial charge on any atom is -0.493 e. The molecule has 0 bridgehead atoms. The van der Waals surface area contributed by atoms with Gasteiger partial charge < -0.3 is 9.47 Å². The van der Waals surface area contributed by atoms with Crippen LogP contribution in [-0.4, -0.2) is 19.5 Å². The lowest BCUT2D eigenvalue weighted by atomic mass is 10.1. The monoisotopic (exact) mass is 286 g/mol. The Bertz CT molecular complexity index is 667.